The third-order valence-electron chi connectivity index (χ3n) is 5.35. The Morgan fingerprint density at radius 3 is 2.74 bits per heavy atom. The van der Waals surface area contributed by atoms with Crippen LogP contribution in [0, 0.1) is 5.92 Å². The SMILES string of the molecule is COc1ccc(C(=O)N2CC[C@@]3(O)CCCC[C@H]3C2)cc1OC. The van der Waals surface area contributed by atoms with Crippen molar-refractivity contribution in [2.24, 2.45) is 5.92 Å². The number of piperidine rings is 1. The fourth-order valence-electron chi connectivity index (χ4n) is 3.91. The van der Waals surface area contributed by atoms with Gasteiger partial charge in [-0.05, 0) is 37.5 Å². The Morgan fingerprint density at radius 1 is 1.22 bits per heavy atom. The summed E-state index contributed by atoms with van der Waals surface area (Å²) in [5, 5.41) is 10.7. The van der Waals surface area contributed by atoms with E-state index in [-0.39, 0.29) is 11.8 Å². The number of methoxy groups -OCH3 is 2. The van der Waals surface area contributed by atoms with Gasteiger partial charge in [-0.15, -0.1) is 0 Å². The van der Waals surface area contributed by atoms with Crippen LogP contribution in [0.4, 0.5) is 0 Å². The quantitative estimate of drug-likeness (QED) is 0.930. The van der Waals surface area contributed by atoms with E-state index in [4.69, 9.17) is 9.47 Å². The first kappa shape index (κ1) is 16.1. The molecular formula is C18H25NO4. The van der Waals surface area contributed by atoms with Crippen molar-refractivity contribution in [3.8, 4) is 11.5 Å². The van der Waals surface area contributed by atoms with Gasteiger partial charge in [0, 0.05) is 24.6 Å². The highest BCUT2D eigenvalue weighted by Gasteiger charge is 2.43. The van der Waals surface area contributed by atoms with Crippen LogP contribution in [0.1, 0.15) is 42.5 Å². The predicted molar refractivity (Wildman–Crippen MR) is 87.0 cm³/mol. The number of aliphatic hydroxyl groups is 1. The number of carbonyl (C=O) groups is 1. The maximum Gasteiger partial charge on any atom is 0.254 e. The topological polar surface area (TPSA) is 59.0 Å². The van der Waals surface area contributed by atoms with E-state index in [0.29, 0.717) is 36.6 Å². The second-order valence-corrected chi connectivity index (χ2v) is 6.62. The van der Waals surface area contributed by atoms with E-state index in [0.717, 1.165) is 25.7 Å². The van der Waals surface area contributed by atoms with Crippen LogP contribution in [0.2, 0.25) is 0 Å². The molecule has 1 saturated carbocycles. The summed E-state index contributed by atoms with van der Waals surface area (Å²) in [7, 11) is 3.14. The van der Waals surface area contributed by atoms with Crippen molar-refractivity contribution in [1.29, 1.82) is 0 Å². The third kappa shape index (κ3) is 3.02. The Bertz CT molecular complexity index is 588. The molecule has 23 heavy (non-hydrogen) atoms. The highest BCUT2D eigenvalue weighted by molar-refractivity contribution is 5.95. The molecule has 1 amide bonds. The van der Waals surface area contributed by atoms with Crippen molar-refractivity contribution in [2.75, 3.05) is 27.3 Å². The van der Waals surface area contributed by atoms with Crippen molar-refractivity contribution in [3.63, 3.8) is 0 Å². The highest BCUT2D eigenvalue weighted by Crippen LogP contribution is 2.40. The van der Waals surface area contributed by atoms with Crippen LogP contribution in [-0.2, 0) is 0 Å². The number of likely N-dealkylation sites (tertiary alicyclic amines) is 1. The average molecular weight is 319 g/mol. The summed E-state index contributed by atoms with van der Waals surface area (Å²) in [4.78, 5) is 14.7. The zero-order valence-corrected chi connectivity index (χ0v) is 13.9. The molecule has 0 unspecified atom stereocenters. The van der Waals surface area contributed by atoms with Gasteiger partial charge in [-0.25, -0.2) is 0 Å². The number of nitrogens with zero attached hydrogens (tertiary/aromatic N) is 1. The van der Waals surface area contributed by atoms with Crippen molar-refractivity contribution < 1.29 is 19.4 Å². The zero-order valence-electron chi connectivity index (χ0n) is 13.9. The number of hydrogen-bond donors (Lipinski definition) is 1. The van der Waals surface area contributed by atoms with Crippen LogP contribution in [0.25, 0.3) is 0 Å². The van der Waals surface area contributed by atoms with Gasteiger partial charge in [0.05, 0.1) is 19.8 Å². The van der Waals surface area contributed by atoms with Gasteiger partial charge in [-0.1, -0.05) is 12.8 Å². The van der Waals surface area contributed by atoms with E-state index >= 15 is 0 Å². The van der Waals surface area contributed by atoms with Gasteiger partial charge in [0.2, 0.25) is 0 Å². The van der Waals surface area contributed by atoms with Crippen LogP contribution < -0.4 is 9.47 Å². The molecule has 2 atom stereocenters. The molecule has 1 aromatic rings. The summed E-state index contributed by atoms with van der Waals surface area (Å²) in [6.07, 6.45) is 4.79. The monoisotopic (exact) mass is 319 g/mol. The number of carbonyl (C=O) groups excluding carboxylic acids is 1. The van der Waals surface area contributed by atoms with Gasteiger partial charge in [0.25, 0.3) is 5.91 Å². The molecule has 126 valence electrons. The lowest BCUT2D eigenvalue weighted by Crippen LogP contribution is -2.54. The van der Waals surface area contributed by atoms with Crippen molar-refractivity contribution in [2.45, 2.75) is 37.7 Å². The zero-order chi connectivity index (χ0) is 16.4. The maximum atomic E-state index is 12.8. The fourth-order valence-corrected chi connectivity index (χ4v) is 3.91. The van der Waals surface area contributed by atoms with Gasteiger partial charge < -0.3 is 19.5 Å². The summed E-state index contributed by atoms with van der Waals surface area (Å²) in [5.41, 5.74) is 0.0380. The van der Waals surface area contributed by atoms with Crippen LogP contribution in [0.15, 0.2) is 18.2 Å². The first-order valence-electron chi connectivity index (χ1n) is 8.31. The van der Waals surface area contributed by atoms with Crippen molar-refractivity contribution in [1.82, 2.24) is 4.90 Å². The van der Waals surface area contributed by atoms with Crippen molar-refractivity contribution in [3.05, 3.63) is 23.8 Å². The molecule has 3 rings (SSSR count). The van der Waals surface area contributed by atoms with Crippen LogP contribution in [-0.4, -0.2) is 48.8 Å². The molecule has 1 N–H and O–H groups in total. The van der Waals surface area contributed by atoms with E-state index in [2.05, 4.69) is 0 Å². The molecule has 0 bridgehead atoms. The van der Waals surface area contributed by atoms with E-state index < -0.39 is 5.60 Å². The Hall–Kier alpha value is -1.75. The normalized spacial score (nSPS) is 27.3. The molecule has 0 radical (unpaired) electrons. The number of benzene rings is 1. The number of amides is 1. The van der Waals surface area contributed by atoms with E-state index in [1.54, 1.807) is 32.4 Å². The second-order valence-electron chi connectivity index (χ2n) is 6.62. The maximum absolute atomic E-state index is 12.8. The first-order valence-corrected chi connectivity index (χ1v) is 8.31. The molecule has 5 nitrogen and oxygen atoms in total. The smallest absolute Gasteiger partial charge is 0.254 e. The molecule has 2 aliphatic rings. The summed E-state index contributed by atoms with van der Waals surface area (Å²) >= 11 is 0. The molecule has 1 saturated heterocycles. The van der Waals surface area contributed by atoms with Crippen LogP contribution in [0.3, 0.4) is 0 Å². The fraction of sp³-hybridized carbons (Fsp3) is 0.611. The van der Waals surface area contributed by atoms with Crippen LogP contribution >= 0.6 is 0 Å². The van der Waals surface area contributed by atoms with Gasteiger partial charge in [0.15, 0.2) is 11.5 Å². The molecule has 0 spiro atoms. The first-order chi connectivity index (χ1) is 11.1. The van der Waals surface area contributed by atoms with Gasteiger partial charge >= 0.3 is 0 Å². The molecule has 1 aromatic carbocycles. The molecule has 1 heterocycles. The Kier molecular flexibility index (Phi) is 4.48. The Labute approximate surface area is 137 Å². The molecule has 1 aliphatic heterocycles. The van der Waals surface area contributed by atoms with E-state index in [1.807, 2.05) is 4.90 Å². The molecule has 5 heteroatoms. The molecule has 2 fully saturated rings. The molecule has 0 aromatic heterocycles. The summed E-state index contributed by atoms with van der Waals surface area (Å²) in [5.74, 6) is 1.38. The number of hydrogen-bond acceptors (Lipinski definition) is 4. The number of rotatable bonds is 3. The second kappa shape index (κ2) is 6.40. The van der Waals surface area contributed by atoms with Gasteiger partial charge in [0.1, 0.15) is 0 Å². The average Bonchev–Trinajstić information content (AvgIpc) is 2.59. The predicted octanol–water partition coefficient (Wildman–Crippen LogP) is 2.47. The van der Waals surface area contributed by atoms with Gasteiger partial charge in [-0.3, -0.25) is 4.79 Å². The largest absolute Gasteiger partial charge is 0.493 e. The summed E-state index contributed by atoms with van der Waals surface area (Å²) in [6, 6.07) is 5.25. The molecule has 1 aliphatic carbocycles. The van der Waals surface area contributed by atoms with Crippen molar-refractivity contribution >= 4 is 5.91 Å². The Balaban J connectivity index is 1.76. The standard InChI is InChI=1S/C18H25NO4/c1-22-15-7-6-13(11-16(15)23-2)17(20)19-10-9-18(21)8-4-3-5-14(18)12-19/h6-7,11,14,21H,3-5,8-10,12H2,1-2H3/t14-,18-/m0/s1. The minimum atomic E-state index is -0.563. The van der Waals surface area contributed by atoms with Crippen LogP contribution in [0.5, 0.6) is 11.5 Å². The lowest BCUT2D eigenvalue weighted by molar-refractivity contribution is -0.0886. The summed E-state index contributed by atoms with van der Waals surface area (Å²) < 4.78 is 10.5. The summed E-state index contributed by atoms with van der Waals surface area (Å²) in [6.45, 7) is 1.25. The minimum absolute atomic E-state index is 0.00132. The van der Waals surface area contributed by atoms with Gasteiger partial charge in [-0.2, -0.15) is 0 Å². The lowest BCUT2D eigenvalue weighted by Gasteiger charge is -2.47. The molecular weight excluding hydrogens is 294 g/mol. The lowest BCUT2D eigenvalue weighted by atomic mass is 9.71. The Morgan fingerprint density at radius 2 is 2.00 bits per heavy atom. The van der Waals surface area contributed by atoms with E-state index in [9.17, 15) is 9.90 Å². The number of fused-ring (bicyclic) bond motifs is 1. The third-order valence-corrected chi connectivity index (χ3v) is 5.35. The van der Waals surface area contributed by atoms with E-state index in [1.165, 1.54) is 0 Å². The minimum Gasteiger partial charge on any atom is -0.493 e. The number of ether oxygens (including phenoxy) is 2. The highest BCUT2D eigenvalue weighted by atomic mass is 16.5.